The molecule has 0 aliphatic rings. The van der Waals surface area contributed by atoms with Gasteiger partial charge in [-0.2, -0.15) is 0 Å². The number of rotatable bonds is 13. The van der Waals surface area contributed by atoms with Crippen LogP contribution in [0.5, 0.6) is 5.75 Å². The third-order valence-electron chi connectivity index (χ3n) is 6.65. The monoisotopic (exact) mass is 603 g/mol. The van der Waals surface area contributed by atoms with E-state index >= 15 is 0 Å². The van der Waals surface area contributed by atoms with Crippen molar-refractivity contribution in [2.24, 2.45) is 0 Å². The lowest BCUT2D eigenvalue weighted by Crippen LogP contribution is -2.23. The van der Waals surface area contributed by atoms with Crippen LogP contribution in [0.2, 0.25) is 0 Å². The number of aromatic nitrogens is 2. The zero-order chi connectivity index (χ0) is 28.6. The normalized spacial score (nSPS) is 10.7. The van der Waals surface area contributed by atoms with E-state index in [1.807, 2.05) is 79.7 Å². The van der Waals surface area contributed by atoms with Gasteiger partial charge < -0.3 is 19.2 Å². The van der Waals surface area contributed by atoms with E-state index in [2.05, 4.69) is 28.9 Å². The summed E-state index contributed by atoms with van der Waals surface area (Å²) in [7, 11) is 0. The van der Waals surface area contributed by atoms with Crippen molar-refractivity contribution in [1.82, 2.24) is 9.97 Å². The molecule has 0 unspecified atom stereocenters. The molecule has 0 saturated carbocycles. The van der Waals surface area contributed by atoms with Crippen LogP contribution in [0, 0.1) is 6.92 Å². The topological polar surface area (TPSA) is 88.7 Å². The summed E-state index contributed by atoms with van der Waals surface area (Å²) in [5.41, 5.74) is 4.73. The number of hydrogen-bond donors (Lipinski definition) is 1. The molecule has 0 bridgehead atoms. The molecule has 2 heterocycles. The van der Waals surface area contributed by atoms with Gasteiger partial charge in [-0.15, -0.1) is 23.7 Å². The fourth-order valence-electron chi connectivity index (χ4n) is 4.53. The first-order valence-electron chi connectivity index (χ1n) is 13.8. The van der Waals surface area contributed by atoms with Gasteiger partial charge in [0.2, 0.25) is 5.89 Å². The van der Waals surface area contributed by atoms with Crippen LogP contribution in [0.15, 0.2) is 89.3 Å². The number of halogens is 1. The van der Waals surface area contributed by atoms with Crippen molar-refractivity contribution < 1.29 is 19.1 Å². The summed E-state index contributed by atoms with van der Waals surface area (Å²) in [5.74, 6) is 1.30. The Bertz CT molecular complexity index is 1570. The van der Waals surface area contributed by atoms with Crippen molar-refractivity contribution in [2.75, 3.05) is 11.4 Å². The second kappa shape index (κ2) is 14.7. The first-order valence-corrected chi connectivity index (χ1v) is 14.6. The van der Waals surface area contributed by atoms with E-state index in [0.29, 0.717) is 25.5 Å². The Labute approximate surface area is 256 Å². The van der Waals surface area contributed by atoms with Crippen LogP contribution in [-0.2, 0) is 24.4 Å². The Morgan fingerprint density at radius 2 is 1.62 bits per heavy atom. The van der Waals surface area contributed by atoms with E-state index in [0.717, 1.165) is 62.6 Å². The van der Waals surface area contributed by atoms with Gasteiger partial charge in [0.05, 0.1) is 12.1 Å². The number of benzene rings is 3. The van der Waals surface area contributed by atoms with Gasteiger partial charge in [-0.1, -0.05) is 67.6 Å². The highest BCUT2D eigenvalue weighted by molar-refractivity contribution is 7.16. The molecule has 0 fully saturated rings. The summed E-state index contributed by atoms with van der Waals surface area (Å²) in [5, 5.41) is 10.2. The molecular formula is C33H34ClN3O4S. The second-order valence-electron chi connectivity index (χ2n) is 9.77. The second-order valence-corrected chi connectivity index (χ2v) is 10.8. The first-order chi connectivity index (χ1) is 20.0. The van der Waals surface area contributed by atoms with E-state index in [4.69, 9.17) is 14.1 Å². The lowest BCUT2D eigenvalue weighted by atomic mass is 10.1. The molecule has 0 spiro atoms. The van der Waals surface area contributed by atoms with Crippen LogP contribution in [0.1, 0.15) is 41.7 Å². The first kappa shape index (κ1) is 30.8. The third kappa shape index (κ3) is 7.78. The molecule has 0 amide bonds. The Morgan fingerprint density at radius 1 is 0.952 bits per heavy atom. The Morgan fingerprint density at radius 3 is 2.26 bits per heavy atom. The highest BCUT2D eigenvalue weighted by Gasteiger charge is 2.19. The molecule has 1 N–H and O–H groups in total. The number of ether oxygens (including phenoxy) is 1. The molecule has 0 saturated heterocycles. The third-order valence-corrected chi connectivity index (χ3v) is 7.82. The van der Waals surface area contributed by atoms with Gasteiger partial charge in [0.1, 0.15) is 23.8 Å². The minimum Gasteiger partial charge on any atom is -0.487 e. The number of carboxylic acids is 1. The molecule has 0 aliphatic heterocycles. The van der Waals surface area contributed by atoms with E-state index in [9.17, 15) is 9.90 Å². The van der Waals surface area contributed by atoms with Gasteiger partial charge in [-0.25, -0.2) is 9.97 Å². The number of anilines is 1. The molecule has 5 rings (SSSR count). The van der Waals surface area contributed by atoms with Crippen molar-refractivity contribution in [2.45, 2.75) is 46.3 Å². The molecule has 3 aromatic carbocycles. The van der Waals surface area contributed by atoms with Crippen molar-refractivity contribution in [3.63, 3.8) is 0 Å². The van der Waals surface area contributed by atoms with Gasteiger partial charge in [-0.3, -0.25) is 4.79 Å². The maximum absolute atomic E-state index is 11.3. The van der Waals surface area contributed by atoms with Gasteiger partial charge in [0.25, 0.3) is 0 Å². The summed E-state index contributed by atoms with van der Waals surface area (Å²) >= 11 is 1.59. The van der Waals surface area contributed by atoms with Gasteiger partial charge in [0.15, 0.2) is 5.13 Å². The van der Waals surface area contributed by atoms with Crippen molar-refractivity contribution in [3.05, 3.63) is 107 Å². The maximum Gasteiger partial charge on any atom is 0.303 e. The van der Waals surface area contributed by atoms with Gasteiger partial charge >= 0.3 is 5.97 Å². The fraction of sp³-hybridized carbons (Fsp3) is 0.242. The number of aryl methyl sites for hydroxylation is 2. The predicted molar refractivity (Wildman–Crippen MR) is 170 cm³/mol. The minimum atomic E-state index is -0.804. The molecule has 42 heavy (non-hydrogen) atoms. The van der Waals surface area contributed by atoms with Crippen LogP contribution in [0.3, 0.4) is 0 Å². The summed E-state index contributed by atoms with van der Waals surface area (Å²) in [6, 6.07) is 27.9. The molecule has 0 radical (unpaired) electrons. The number of hydrogen-bond acceptors (Lipinski definition) is 7. The molecule has 218 valence electrons. The van der Waals surface area contributed by atoms with E-state index < -0.39 is 5.97 Å². The molecule has 0 atom stereocenters. The average molecular weight is 604 g/mol. The SMILES string of the molecule is CCCN(Cc1ccc(OCc2nc(-c3ccccc3)oc2C)cc1)c1nc(-c2ccccc2)c(CCC(=O)O)s1.Cl. The average Bonchev–Trinajstić information content (AvgIpc) is 3.60. The number of oxazole rings is 1. The predicted octanol–water partition coefficient (Wildman–Crippen LogP) is 8.21. The van der Waals surface area contributed by atoms with Crippen LogP contribution in [0.25, 0.3) is 22.7 Å². The van der Waals surface area contributed by atoms with Crippen LogP contribution < -0.4 is 9.64 Å². The number of aliphatic carboxylic acids is 1. The molecule has 9 heteroatoms. The van der Waals surface area contributed by atoms with E-state index in [1.54, 1.807) is 11.3 Å². The summed E-state index contributed by atoms with van der Waals surface area (Å²) in [4.78, 5) is 24.2. The minimum absolute atomic E-state index is 0. The molecule has 7 nitrogen and oxygen atoms in total. The molecule has 2 aromatic heterocycles. The summed E-state index contributed by atoms with van der Waals surface area (Å²) in [6.07, 6.45) is 1.51. The van der Waals surface area contributed by atoms with E-state index in [-0.39, 0.29) is 18.8 Å². The fourth-order valence-corrected chi connectivity index (χ4v) is 5.63. The summed E-state index contributed by atoms with van der Waals surface area (Å²) in [6.45, 7) is 5.91. The van der Waals surface area contributed by atoms with Crippen LogP contribution in [0.4, 0.5) is 5.13 Å². The van der Waals surface area contributed by atoms with Crippen molar-refractivity contribution in [1.29, 1.82) is 0 Å². The Hall–Kier alpha value is -4.14. The van der Waals surface area contributed by atoms with Crippen LogP contribution >= 0.6 is 23.7 Å². The van der Waals surface area contributed by atoms with Gasteiger partial charge in [0, 0.05) is 29.1 Å². The quantitative estimate of drug-likeness (QED) is 0.145. The zero-order valence-electron chi connectivity index (χ0n) is 23.7. The summed E-state index contributed by atoms with van der Waals surface area (Å²) < 4.78 is 11.9. The Balaban J connectivity index is 0.00000405. The number of carboxylic acid groups (broad SMARTS) is 1. The van der Waals surface area contributed by atoms with Gasteiger partial charge in [-0.05, 0) is 49.6 Å². The van der Waals surface area contributed by atoms with Crippen molar-refractivity contribution in [3.8, 4) is 28.5 Å². The zero-order valence-corrected chi connectivity index (χ0v) is 25.3. The van der Waals surface area contributed by atoms with Crippen molar-refractivity contribution >= 4 is 34.8 Å². The standard InChI is InChI=1S/C33H33N3O4S.ClH/c1-3-20-36(33-35-31(25-10-6-4-7-11-25)29(41-33)18-19-30(37)38)21-24-14-16-27(17-15-24)39-22-28-23(2)40-32(34-28)26-12-8-5-9-13-26;/h4-17H,3,18-22H2,1-2H3,(H,37,38);1H. The number of nitrogens with zero attached hydrogens (tertiary/aromatic N) is 3. The lowest BCUT2D eigenvalue weighted by Gasteiger charge is -2.21. The largest absolute Gasteiger partial charge is 0.487 e. The highest BCUT2D eigenvalue weighted by atomic mass is 35.5. The Kier molecular flexibility index (Phi) is 10.8. The smallest absolute Gasteiger partial charge is 0.303 e. The maximum atomic E-state index is 11.3. The molecular weight excluding hydrogens is 570 g/mol. The molecule has 0 aliphatic carbocycles. The highest BCUT2D eigenvalue weighted by Crippen LogP contribution is 2.35. The number of carbonyl (C=O) groups is 1. The molecule has 5 aromatic rings. The van der Waals surface area contributed by atoms with E-state index in [1.165, 1.54) is 0 Å². The number of thiazole rings is 1. The lowest BCUT2D eigenvalue weighted by molar-refractivity contribution is -0.136. The van der Waals surface area contributed by atoms with Crippen LogP contribution in [-0.4, -0.2) is 27.6 Å².